The summed E-state index contributed by atoms with van der Waals surface area (Å²) in [7, 11) is 1.59. The number of ether oxygens (including phenoxy) is 2. The normalized spacial score (nSPS) is 10.1. The molecule has 0 fully saturated rings. The molecule has 2 aromatic rings. The molecule has 0 atom stereocenters. The molecule has 0 aromatic heterocycles. The van der Waals surface area contributed by atoms with E-state index in [4.69, 9.17) is 19.7 Å². The van der Waals surface area contributed by atoms with Gasteiger partial charge in [0.15, 0.2) is 6.61 Å². The second-order valence-corrected chi connectivity index (χ2v) is 7.91. The molecule has 0 heterocycles. The lowest BCUT2D eigenvalue weighted by Gasteiger charge is -2.09. The second-order valence-electron chi connectivity index (χ2n) is 7.91. The van der Waals surface area contributed by atoms with Crippen molar-refractivity contribution >= 4 is 11.9 Å². The Bertz CT molecular complexity index is 818. The van der Waals surface area contributed by atoms with Gasteiger partial charge in [0, 0.05) is 6.42 Å². The van der Waals surface area contributed by atoms with Crippen molar-refractivity contribution in [2.24, 2.45) is 0 Å². The number of rotatable bonds is 15. The number of para-hydroxylation sites is 1. The third-order valence-corrected chi connectivity index (χ3v) is 5.14. The molecule has 6 nitrogen and oxygen atoms in total. The van der Waals surface area contributed by atoms with Crippen LogP contribution >= 0.6 is 0 Å². The number of carbonyl (C=O) groups is 2. The number of hydrogen-bond acceptors (Lipinski definition) is 4. The molecule has 2 aromatic carbocycles. The quantitative estimate of drug-likeness (QED) is 0.311. The SMILES string of the molecule is CCCCCCCCCc1ccccc1OCC(=O)O.COc1cccc(CCC(=O)O)c1. The molecule has 0 saturated carbocycles. The van der Waals surface area contributed by atoms with Crippen LogP contribution in [-0.2, 0) is 22.4 Å². The fraction of sp³-hybridized carbons (Fsp3) is 0.481. The molecular formula is C27H38O6. The van der Waals surface area contributed by atoms with Crippen LogP contribution in [-0.4, -0.2) is 35.9 Å². The summed E-state index contributed by atoms with van der Waals surface area (Å²) in [5.41, 5.74) is 2.10. The maximum Gasteiger partial charge on any atom is 0.341 e. The molecule has 0 aliphatic rings. The predicted octanol–water partition coefficient (Wildman–Crippen LogP) is 6.16. The Balaban J connectivity index is 0.000000361. The highest BCUT2D eigenvalue weighted by atomic mass is 16.5. The molecule has 0 bridgehead atoms. The minimum atomic E-state index is -0.935. The Morgan fingerprint density at radius 2 is 1.52 bits per heavy atom. The van der Waals surface area contributed by atoms with Crippen LogP contribution in [0.4, 0.5) is 0 Å². The number of aryl methyl sites for hydroxylation is 2. The molecule has 0 saturated heterocycles. The molecule has 2 N–H and O–H groups in total. The lowest BCUT2D eigenvalue weighted by molar-refractivity contribution is -0.139. The Kier molecular flexibility index (Phi) is 14.9. The van der Waals surface area contributed by atoms with Gasteiger partial charge in [0.25, 0.3) is 0 Å². The monoisotopic (exact) mass is 458 g/mol. The van der Waals surface area contributed by atoms with Gasteiger partial charge in [0.1, 0.15) is 11.5 Å². The number of methoxy groups -OCH3 is 1. The zero-order valence-electron chi connectivity index (χ0n) is 19.9. The van der Waals surface area contributed by atoms with Crippen LogP contribution in [0.1, 0.15) is 69.4 Å². The zero-order chi connectivity index (χ0) is 24.3. The summed E-state index contributed by atoms with van der Waals surface area (Å²) in [5, 5.41) is 17.1. The van der Waals surface area contributed by atoms with Crippen LogP contribution in [0, 0.1) is 0 Å². The summed E-state index contributed by atoms with van der Waals surface area (Å²) in [6, 6.07) is 15.2. The van der Waals surface area contributed by atoms with Gasteiger partial charge in [-0.3, -0.25) is 4.79 Å². The van der Waals surface area contributed by atoms with E-state index in [1.807, 2.05) is 48.5 Å². The summed E-state index contributed by atoms with van der Waals surface area (Å²) in [5.74, 6) is -0.234. The van der Waals surface area contributed by atoms with Crippen LogP contribution in [0.5, 0.6) is 11.5 Å². The summed E-state index contributed by atoms with van der Waals surface area (Å²) >= 11 is 0. The first-order valence-corrected chi connectivity index (χ1v) is 11.7. The lowest BCUT2D eigenvalue weighted by atomic mass is 10.0. The summed E-state index contributed by atoms with van der Waals surface area (Å²) in [6.45, 7) is 1.96. The predicted molar refractivity (Wildman–Crippen MR) is 130 cm³/mol. The van der Waals surface area contributed by atoms with Gasteiger partial charge >= 0.3 is 11.9 Å². The summed E-state index contributed by atoms with van der Waals surface area (Å²) in [4.78, 5) is 20.8. The van der Waals surface area contributed by atoms with Crippen molar-refractivity contribution in [1.82, 2.24) is 0 Å². The summed E-state index contributed by atoms with van der Waals surface area (Å²) < 4.78 is 10.3. The van der Waals surface area contributed by atoms with Gasteiger partial charge < -0.3 is 19.7 Å². The number of aliphatic carboxylic acids is 2. The minimum absolute atomic E-state index is 0.160. The highest BCUT2D eigenvalue weighted by Gasteiger charge is 2.05. The highest BCUT2D eigenvalue weighted by molar-refractivity contribution is 5.68. The van der Waals surface area contributed by atoms with Crippen LogP contribution in [0.3, 0.4) is 0 Å². The molecule has 0 unspecified atom stereocenters. The molecule has 182 valence electrons. The molecule has 2 rings (SSSR count). The average Bonchev–Trinajstić information content (AvgIpc) is 2.82. The fourth-order valence-corrected chi connectivity index (χ4v) is 3.34. The van der Waals surface area contributed by atoms with Crippen LogP contribution < -0.4 is 9.47 Å². The molecule has 0 amide bonds. The van der Waals surface area contributed by atoms with Crippen LogP contribution in [0.15, 0.2) is 48.5 Å². The molecule has 33 heavy (non-hydrogen) atoms. The number of carboxylic acids is 2. The topological polar surface area (TPSA) is 93.1 Å². The Morgan fingerprint density at radius 3 is 2.18 bits per heavy atom. The van der Waals surface area contributed by atoms with Gasteiger partial charge in [-0.05, 0) is 48.6 Å². The third kappa shape index (κ3) is 13.9. The maximum absolute atomic E-state index is 10.5. The van der Waals surface area contributed by atoms with E-state index in [1.165, 1.54) is 38.5 Å². The fourth-order valence-electron chi connectivity index (χ4n) is 3.34. The lowest BCUT2D eigenvalue weighted by Crippen LogP contribution is -2.10. The van der Waals surface area contributed by atoms with E-state index in [0.29, 0.717) is 12.2 Å². The van der Waals surface area contributed by atoms with Crippen LogP contribution in [0.2, 0.25) is 0 Å². The molecule has 6 heteroatoms. The van der Waals surface area contributed by atoms with E-state index in [-0.39, 0.29) is 13.0 Å². The number of carboxylic acid groups (broad SMARTS) is 2. The van der Waals surface area contributed by atoms with E-state index in [2.05, 4.69) is 6.92 Å². The Morgan fingerprint density at radius 1 is 0.818 bits per heavy atom. The average molecular weight is 459 g/mol. The van der Waals surface area contributed by atoms with E-state index in [0.717, 1.165) is 29.7 Å². The van der Waals surface area contributed by atoms with Gasteiger partial charge in [-0.1, -0.05) is 75.8 Å². The van der Waals surface area contributed by atoms with E-state index >= 15 is 0 Å². The Hall–Kier alpha value is -3.02. The van der Waals surface area contributed by atoms with Gasteiger partial charge in [-0.25, -0.2) is 4.79 Å². The molecule has 0 aliphatic carbocycles. The van der Waals surface area contributed by atoms with Crippen molar-refractivity contribution < 1.29 is 29.3 Å². The van der Waals surface area contributed by atoms with Crippen LogP contribution in [0.25, 0.3) is 0 Å². The van der Waals surface area contributed by atoms with Crippen molar-refractivity contribution in [3.8, 4) is 11.5 Å². The molecule has 0 radical (unpaired) electrons. The zero-order valence-corrected chi connectivity index (χ0v) is 19.9. The maximum atomic E-state index is 10.5. The van der Waals surface area contributed by atoms with Crippen molar-refractivity contribution in [2.45, 2.75) is 71.1 Å². The third-order valence-electron chi connectivity index (χ3n) is 5.14. The largest absolute Gasteiger partial charge is 0.497 e. The molecule has 0 aliphatic heterocycles. The van der Waals surface area contributed by atoms with Crippen molar-refractivity contribution in [1.29, 1.82) is 0 Å². The summed E-state index contributed by atoms with van der Waals surface area (Å²) in [6.07, 6.45) is 10.6. The van der Waals surface area contributed by atoms with Crippen molar-refractivity contribution in [3.63, 3.8) is 0 Å². The minimum Gasteiger partial charge on any atom is -0.497 e. The first-order chi connectivity index (χ1) is 16.0. The number of benzene rings is 2. The Labute approximate surface area is 197 Å². The van der Waals surface area contributed by atoms with Gasteiger partial charge in [-0.2, -0.15) is 0 Å². The number of unbranched alkanes of at least 4 members (excludes halogenated alkanes) is 6. The van der Waals surface area contributed by atoms with Gasteiger partial charge in [-0.15, -0.1) is 0 Å². The van der Waals surface area contributed by atoms with Crippen molar-refractivity contribution in [3.05, 3.63) is 59.7 Å². The first kappa shape index (κ1) is 28.0. The smallest absolute Gasteiger partial charge is 0.341 e. The second kappa shape index (κ2) is 17.5. The van der Waals surface area contributed by atoms with E-state index in [1.54, 1.807) is 7.11 Å². The first-order valence-electron chi connectivity index (χ1n) is 11.7. The number of hydrogen-bond donors (Lipinski definition) is 2. The highest BCUT2D eigenvalue weighted by Crippen LogP contribution is 2.21. The van der Waals surface area contributed by atoms with Crippen molar-refractivity contribution in [2.75, 3.05) is 13.7 Å². The van der Waals surface area contributed by atoms with Gasteiger partial charge in [0.05, 0.1) is 7.11 Å². The molecule has 0 spiro atoms. The van der Waals surface area contributed by atoms with Gasteiger partial charge in [0.2, 0.25) is 0 Å². The van der Waals surface area contributed by atoms with E-state index < -0.39 is 11.9 Å². The standard InChI is InChI=1S/C17H26O3.C10H12O3/c1-2-3-4-5-6-7-8-11-15-12-9-10-13-16(15)20-14-17(18)19;1-13-9-4-2-3-8(7-9)5-6-10(11)12/h9-10,12-13H,2-8,11,14H2,1H3,(H,18,19);2-4,7H,5-6H2,1H3,(H,11,12). The van der Waals surface area contributed by atoms with E-state index in [9.17, 15) is 9.59 Å². The molecular weight excluding hydrogens is 420 g/mol.